The van der Waals surface area contributed by atoms with Gasteiger partial charge in [-0.2, -0.15) is 0 Å². The van der Waals surface area contributed by atoms with Gasteiger partial charge in [-0.05, 0) is 48.4 Å². The quantitative estimate of drug-likeness (QED) is 0.733. The monoisotopic (exact) mass is 176 g/mol. The Kier molecular flexibility index (Phi) is 2.26. The molecular weight excluding hydrogens is 160 g/mol. The number of hydrogen-bond acceptors (Lipinski definition) is 1. The van der Waals surface area contributed by atoms with Crippen LogP contribution < -0.4 is 0 Å². The molecule has 1 nitrogen and oxygen atoms in total. The highest BCUT2D eigenvalue weighted by Crippen LogP contribution is 2.37. The molecule has 0 amide bonds. The number of phenolic OH excluding ortho intramolecular Hbond substituents is 1. The van der Waals surface area contributed by atoms with Crippen molar-refractivity contribution in [3.8, 4) is 5.75 Å². The van der Waals surface area contributed by atoms with E-state index >= 15 is 0 Å². The van der Waals surface area contributed by atoms with Crippen LogP contribution in [0.25, 0.3) is 0 Å². The van der Waals surface area contributed by atoms with Gasteiger partial charge in [0, 0.05) is 0 Å². The molecule has 0 bridgehead atoms. The smallest absolute Gasteiger partial charge is 0.115 e. The average molecular weight is 176 g/mol. The predicted octanol–water partition coefficient (Wildman–Crippen LogP) is 3.22. The van der Waals surface area contributed by atoms with E-state index in [9.17, 15) is 5.11 Å². The highest BCUT2D eigenvalue weighted by molar-refractivity contribution is 5.40. The van der Waals surface area contributed by atoms with E-state index in [0.717, 1.165) is 0 Å². The summed E-state index contributed by atoms with van der Waals surface area (Å²) in [5.41, 5.74) is 2.83. The van der Waals surface area contributed by atoms with Crippen LogP contribution in [-0.2, 0) is 6.42 Å². The summed E-state index contributed by atoms with van der Waals surface area (Å²) in [4.78, 5) is 0. The van der Waals surface area contributed by atoms with Gasteiger partial charge >= 0.3 is 0 Å². The molecule has 0 aliphatic heterocycles. The molecule has 13 heavy (non-hydrogen) atoms. The Morgan fingerprint density at radius 3 is 3.08 bits per heavy atom. The van der Waals surface area contributed by atoms with Crippen LogP contribution in [0.2, 0.25) is 0 Å². The third kappa shape index (κ3) is 1.55. The molecule has 1 N–H and O–H groups in total. The van der Waals surface area contributed by atoms with Crippen molar-refractivity contribution in [1.82, 2.24) is 0 Å². The predicted molar refractivity (Wildman–Crippen MR) is 54.1 cm³/mol. The number of aryl methyl sites for hydroxylation is 1. The lowest BCUT2D eigenvalue weighted by Gasteiger charge is -2.09. The van der Waals surface area contributed by atoms with E-state index in [-0.39, 0.29) is 0 Å². The minimum absolute atomic E-state index is 0.418. The first-order valence-corrected chi connectivity index (χ1v) is 5.13. The van der Waals surface area contributed by atoms with Crippen LogP contribution in [0.1, 0.15) is 43.2 Å². The largest absolute Gasteiger partial charge is 0.508 e. The maximum absolute atomic E-state index is 9.38. The molecule has 1 aromatic carbocycles. The van der Waals surface area contributed by atoms with Crippen molar-refractivity contribution >= 4 is 0 Å². The van der Waals surface area contributed by atoms with E-state index in [2.05, 4.69) is 13.0 Å². The van der Waals surface area contributed by atoms with Crippen LogP contribution in [0.4, 0.5) is 0 Å². The Morgan fingerprint density at radius 1 is 1.46 bits per heavy atom. The minimum atomic E-state index is 0.418. The molecule has 0 spiro atoms. The summed E-state index contributed by atoms with van der Waals surface area (Å²) in [6.07, 6.45) is 4.96. The molecule has 0 heterocycles. The molecule has 2 rings (SSSR count). The second-order valence-corrected chi connectivity index (χ2v) is 3.91. The molecule has 1 atom stereocenters. The van der Waals surface area contributed by atoms with E-state index in [0.29, 0.717) is 11.7 Å². The number of hydrogen-bond donors (Lipinski definition) is 1. The number of benzene rings is 1. The highest BCUT2D eigenvalue weighted by Gasteiger charge is 2.21. The fourth-order valence-corrected chi connectivity index (χ4v) is 2.32. The van der Waals surface area contributed by atoms with E-state index in [1.807, 2.05) is 6.07 Å². The zero-order valence-corrected chi connectivity index (χ0v) is 8.09. The SMILES string of the molecule is CCCC1CCc2ccc(O)cc21. The Morgan fingerprint density at radius 2 is 2.31 bits per heavy atom. The lowest BCUT2D eigenvalue weighted by molar-refractivity contribution is 0.473. The van der Waals surface area contributed by atoms with E-state index in [1.54, 1.807) is 6.07 Å². The van der Waals surface area contributed by atoms with Crippen molar-refractivity contribution in [2.45, 2.75) is 38.5 Å². The molecule has 0 saturated heterocycles. The number of rotatable bonds is 2. The lowest BCUT2D eigenvalue weighted by Crippen LogP contribution is -1.91. The van der Waals surface area contributed by atoms with Crippen molar-refractivity contribution in [1.29, 1.82) is 0 Å². The normalized spacial score (nSPS) is 20.2. The average Bonchev–Trinajstić information content (AvgIpc) is 2.49. The van der Waals surface area contributed by atoms with Crippen LogP contribution >= 0.6 is 0 Å². The molecular formula is C12H16O. The summed E-state index contributed by atoms with van der Waals surface area (Å²) in [5.74, 6) is 1.12. The molecule has 1 heteroatoms. The first-order chi connectivity index (χ1) is 6.31. The molecule has 0 aromatic heterocycles. The van der Waals surface area contributed by atoms with Gasteiger partial charge in [-0.15, -0.1) is 0 Å². The fourth-order valence-electron chi connectivity index (χ4n) is 2.32. The van der Waals surface area contributed by atoms with Gasteiger partial charge in [0.15, 0.2) is 0 Å². The minimum Gasteiger partial charge on any atom is -0.508 e. The molecule has 1 aliphatic rings. The summed E-state index contributed by atoms with van der Waals surface area (Å²) in [6, 6.07) is 5.82. The van der Waals surface area contributed by atoms with Crippen molar-refractivity contribution in [3.63, 3.8) is 0 Å². The lowest BCUT2D eigenvalue weighted by atomic mass is 9.96. The first-order valence-electron chi connectivity index (χ1n) is 5.13. The number of fused-ring (bicyclic) bond motifs is 1. The molecule has 1 unspecified atom stereocenters. The number of aromatic hydroxyl groups is 1. The van der Waals surface area contributed by atoms with Gasteiger partial charge in [0.2, 0.25) is 0 Å². The zero-order chi connectivity index (χ0) is 9.26. The second kappa shape index (κ2) is 3.41. The Bertz CT molecular complexity index is 302. The number of phenols is 1. The van der Waals surface area contributed by atoms with Crippen LogP contribution in [-0.4, -0.2) is 5.11 Å². The van der Waals surface area contributed by atoms with Gasteiger partial charge in [0.1, 0.15) is 5.75 Å². The highest BCUT2D eigenvalue weighted by atomic mass is 16.3. The van der Waals surface area contributed by atoms with Crippen LogP contribution in [0, 0.1) is 0 Å². The molecule has 0 fully saturated rings. The third-order valence-corrected chi connectivity index (χ3v) is 2.97. The maximum atomic E-state index is 9.38. The van der Waals surface area contributed by atoms with Gasteiger partial charge in [-0.3, -0.25) is 0 Å². The summed E-state index contributed by atoms with van der Waals surface area (Å²) in [6.45, 7) is 2.22. The molecule has 0 radical (unpaired) electrons. The molecule has 1 aromatic rings. The van der Waals surface area contributed by atoms with Crippen LogP contribution in [0.3, 0.4) is 0 Å². The van der Waals surface area contributed by atoms with Crippen molar-refractivity contribution in [3.05, 3.63) is 29.3 Å². The van der Waals surface area contributed by atoms with Gasteiger partial charge in [-0.1, -0.05) is 19.4 Å². The Hall–Kier alpha value is -0.980. The standard InChI is InChI=1S/C12H16O/c1-2-3-9-4-5-10-6-7-11(13)8-12(9)10/h6-9,13H,2-5H2,1H3. The van der Waals surface area contributed by atoms with E-state index in [1.165, 1.54) is 36.8 Å². The third-order valence-electron chi connectivity index (χ3n) is 2.97. The van der Waals surface area contributed by atoms with Crippen molar-refractivity contribution in [2.75, 3.05) is 0 Å². The van der Waals surface area contributed by atoms with Gasteiger partial charge in [0.25, 0.3) is 0 Å². The topological polar surface area (TPSA) is 20.2 Å². The van der Waals surface area contributed by atoms with Crippen molar-refractivity contribution < 1.29 is 5.11 Å². The van der Waals surface area contributed by atoms with Gasteiger partial charge in [-0.25, -0.2) is 0 Å². The Balaban J connectivity index is 2.29. The second-order valence-electron chi connectivity index (χ2n) is 3.91. The summed E-state index contributed by atoms with van der Waals surface area (Å²) >= 11 is 0. The summed E-state index contributed by atoms with van der Waals surface area (Å²) < 4.78 is 0. The van der Waals surface area contributed by atoms with E-state index in [4.69, 9.17) is 0 Å². The van der Waals surface area contributed by atoms with E-state index < -0.39 is 0 Å². The summed E-state index contributed by atoms with van der Waals surface area (Å²) in [7, 11) is 0. The fraction of sp³-hybridized carbons (Fsp3) is 0.500. The summed E-state index contributed by atoms with van der Waals surface area (Å²) in [5, 5.41) is 9.38. The molecule has 0 saturated carbocycles. The molecule has 1 aliphatic carbocycles. The zero-order valence-electron chi connectivity index (χ0n) is 8.09. The van der Waals surface area contributed by atoms with Crippen LogP contribution in [0.5, 0.6) is 5.75 Å². The van der Waals surface area contributed by atoms with Gasteiger partial charge < -0.3 is 5.11 Å². The van der Waals surface area contributed by atoms with Gasteiger partial charge in [0.05, 0.1) is 0 Å². The maximum Gasteiger partial charge on any atom is 0.115 e. The van der Waals surface area contributed by atoms with Crippen LogP contribution in [0.15, 0.2) is 18.2 Å². The first kappa shape index (κ1) is 8.61. The van der Waals surface area contributed by atoms with Crippen molar-refractivity contribution in [2.24, 2.45) is 0 Å². The Labute approximate surface area is 79.4 Å². The molecule has 70 valence electrons.